The van der Waals surface area contributed by atoms with Gasteiger partial charge in [0.05, 0.1) is 19.8 Å². The van der Waals surface area contributed by atoms with E-state index in [9.17, 15) is 4.79 Å². The van der Waals surface area contributed by atoms with Crippen molar-refractivity contribution in [2.45, 2.75) is 6.92 Å². The molecular weight excluding hydrogens is 280 g/mol. The van der Waals surface area contributed by atoms with Crippen LogP contribution in [0.4, 0.5) is 0 Å². The first-order valence-electron chi connectivity index (χ1n) is 6.80. The third kappa shape index (κ3) is 3.28. The molecule has 0 heterocycles. The van der Waals surface area contributed by atoms with Gasteiger partial charge in [0.1, 0.15) is 11.5 Å². The Balaban J connectivity index is 2.46. The number of hydrogen-bond donors (Lipinski definition) is 1. The van der Waals surface area contributed by atoms with E-state index >= 15 is 0 Å². The maximum Gasteiger partial charge on any atom is 0.328 e. The van der Waals surface area contributed by atoms with Gasteiger partial charge in [0.25, 0.3) is 0 Å². The summed E-state index contributed by atoms with van der Waals surface area (Å²) in [5.74, 6) is 0.503. The monoisotopic (exact) mass is 298 g/mol. The Hall–Kier alpha value is -2.75. The molecule has 22 heavy (non-hydrogen) atoms. The van der Waals surface area contributed by atoms with Crippen LogP contribution in [0.2, 0.25) is 0 Å². The van der Waals surface area contributed by atoms with Gasteiger partial charge in [-0.2, -0.15) is 0 Å². The van der Waals surface area contributed by atoms with Crippen LogP contribution in [0.3, 0.4) is 0 Å². The molecule has 0 unspecified atom stereocenters. The van der Waals surface area contributed by atoms with Gasteiger partial charge in [-0.3, -0.25) is 0 Å². The van der Waals surface area contributed by atoms with Crippen LogP contribution in [0.5, 0.6) is 11.5 Å². The summed E-state index contributed by atoms with van der Waals surface area (Å²) in [6.45, 7) is 1.77. The zero-order chi connectivity index (χ0) is 16.1. The number of carboxylic acids is 1. The SMILES string of the molecule is COc1cccc(OC)c1-c1ccc(C(C)=CC(=O)O)cc1. The van der Waals surface area contributed by atoms with E-state index in [4.69, 9.17) is 14.6 Å². The minimum atomic E-state index is -0.951. The standard InChI is InChI=1S/C18H18O4/c1-12(11-17(19)20)13-7-9-14(10-8-13)18-15(21-2)5-4-6-16(18)22-3/h4-11H,1-3H3,(H,19,20). The first-order chi connectivity index (χ1) is 10.6. The molecule has 0 saturated heterocycles. The molecule has 0 fully saturated rings. The van der Waals surface area contributed by atoms with Gasteiger partial charge < -0.3 is 14.6 Å². The number of allylic oxidation sites excluding steroid dienone is 1. The molecule has 0 aromatic heterocycles. The molecule has 4 heteroatoms. The van der Waals surface area contributed by atoms with Crippen LogP contribution in [0, 0.1) is 0 Å². The second kappa shape index (κ2) is 6.80. The zero-order valence-electron chi connectivity index (χ0n) is 12.8. The van der Waals surface area contributed by atoms with Crippen molar-refractivity contribution < 1.29 is 19.4 Å². The maximum atomic E-state index is 10.7. The summed E-state index contributed by atoms with van der Waals surface area (Å²) < 4.78 is 10.8. The molecule has 0 amide bonds. The molecule has 0 saturated carbocycles. The average Bonchev–Trinajstić information content (AvgIpc) is 2.53. The van der Waals surface area contributed by atoms with Crippen LogP contribution in [-0.2, 0) is 4.79 Å². The van der Waals surface area contributed by atoms with Gasteiger partial charge in [-0.25, -0.2) is 4.79 Å². The summed E-state index contributed by atoms with van der Waals surface area (Å²) in [4.78, 5) is 10.7. The highest BCUT2D eigenvalue weighted by Crippen LogP contribution is 2.38. The van der Waals surface area contributed by atoms with E-state index in [0.29, 0.717) is 5.57 Å². The summed E-state index contributed by atoms with van der Waals surface area (Å²) in [7, 11) is 3.23. The molecule has 0 atom stereocenters. The van der Waals surface area contributed by atoms with Crippen LogP contribution < -0.4 is 9.47 Å². The molecule has 0 spiro atoms. The molecule has 0 radical (unpaired) electrons. The topological polar surface area (TPSA) is 55.8 Å². The predicted octanol–water partition coefficient (Wildman–Crippen LogP) is 3.86. The Bertz CT molecular complexity index is 677. The fraction of sp³-hybridized carbons (Fsp3) is 0.167. The molecule has 0 aliphatic rings. The Morgan fingerprint density at radius 1 is 1.00 bits per heavy atom. The molecule has 2 rings (SSSR count). The average molecular weight is 298 g/mol. The first kappa shape index (κ1) is 15.6. The van der Waals surface area contributed by atoms with E-state index in [1.165, 1.54) is 6.08 Å². The van der Waals surface area contributed by atoms with Gasteiger partial charge in [0, 0.05) is 6.08 Å². The van der Waals surface area contributed by atoms with Gasteiger partial charge in [-0.1, -0.05) is 30.3 Å². The third-order valence-corrected chi connectivity index (χ3v) is 3.40. The number of carbonyl (C=O) groups is 1. The lowest BCUT2D eigenvalue weighted by molar-refractivity contribution is -0.131. The van der Waals surface area contributed by atoms with Crippen molar-refractivity contribution in [2.75, 3.05) is 14.2 Å². The lowest BCUT2D eigenvalue weighted by Crippen LogP contribution is -1.93. The maximum absolute atomic E-state index is 10.7. The number of rotatable bonds is 5. The van der Waals surface area contributed by atoms with Crippen molar-refractivity contribution in [1.29, 1.82) is 0 Å². The normalized spacial score (nSPS) is 11.1. The highest BCUT2D eigenvalue weighted by atomic mass is 16.5. The number of methoxy groups -OCH3 is 2. The molecule has 2 aromatic carbocycles. The number of hydrogen-bond acceptors (Lipinski definition) is 3. The van der Waals surface area contributed by atoms with Gasteiger partial charge in [0.15, 0.2) is 0 Å². The zero-order valence-corrected chi connectivity index (χ0v) is 12.8. The van der Waals surface area contributed by atoms with E-state index in [2.05, 4.69) is 0 Å². The highest BCUT2D eigenvalue weighted by molar-refractivity contribution is 5.89. The summed E-state index contributed by atoms with van der Waals surface area (Å²) in [5, 5.41) is 8.80. The molecule has 114 valence electrons. The minimum absolute atomic E-state index is 0.700. The van der Waals surface area contributed by atoms with E-state index in [0.717, 1.165) is 28.2 Å². The smallest absolute Gasteiger partial charge is 0.328 e. The van der Waals surface area contributed by atoms with Gasteiger partial charge in [-0.15, -0.1) is 0 Å². The second-order valence-electron chi connectivity index (χ2n) is 4.78. The van der Waals surface area contributed by atoms with Crippen molar-refractivity contribution in [2.24, 2.45) is 0 Å². The molecule has 2 aromatic rings. The summed E-state index contributed by atoms with van der Waals surface area (Å²) >= 11 is 0. The molecule has 0 aliphatic carbocycles. The molecular formula is C18H18O4. The summed E-state index contributed by atoms with van der Waals surface area (Å²) in [6.07, 6.45) is 1.19. The molecule has 1 N–H and O–H groups in total. The lowest BCUT2D eigenvalue weighted by Gasteiger charge is -2.13. The van der Waals surface area contributed by atoms with Crippen molar-refractivity contribution in [3.63, 3.8) is 0 Å². The number of benzene rings is 2. The van der Waals surface area contributed by atoms with Crippen LogP contribution >= 0.6 is 0 Å². The number of ether oxygens (including phenoxy) is 2. The summed E-state index contributed by atoms with van der Waals surface area (Å²) in [6, 6.07) is 13.2. The lowest BCUT2D eigenvalue weighted by atomic mass is 9.99. The third-order valence-electron chi connectivity index (χ3n) is 3.40. The largest absolute Gasteiger partial charge is 0.496 e. The molecule has 0 aliphatic heterocycles. The van der Waals surface area contributed by atoms with Crippen LogP contribution in [0.15, 0.2) is 48.5 Å². The van der Waals surface area contributed by atoms with Gasteiger partial charge >= 0.3 is 5.97 Å². The molecule has 4 nitrogen and oxygen atoms in total. The van der Waals surface area contributed by atoms with E-state index in [1.54, 1.807) is 21.1 Å². The van der Waals surface area contributed by atoms with E-state index in [-0.39, 0.29) is 0 Å². The quantitative estimate of drug-likeness (QED) is 0.852. The minimum Gasteiger partial charge on any atom is -0.496 e. The van der Waals surface area contributed by atoms with Crippen LogP contribution in [0.1, 0.15) is 12.5 Å². The first-order valence-corrected chi connectivity index (χ1v) is 6.80. The second-order valence-corrected chi connectivity index (χ2v) is 4.78. The Morgan fingerprint density at radius 3 is 2.00 bits per heavy atom. The number of aliphatic carboxylic acids is 1. The predicted molar refractivity (Wildman–Crippen MR) is 86.3 cm³/mol. The Kier molecular flexibility index (Phi) is 4.84. The van der Waals surface area contributed by atoms with E-state index < -0.39 is 5.97 Å². The van der Waals surface area contributed by atoms with Crippen molar-refractivity contribution in [3.05, 3.63) is 54.1 Å². The Morgan fingerprint density at radius 2 is 1.55 bits per heavy atom. The van der Waals surface area contributed by atoms with Gasteiger partial charge in [0.2, 0.25) is 0 Å². The van der Waals surface area contributed by atoms with E-state index in [1.807, 2.05) is 42.5 Å². The van der Waals surface area contributed by atoms with Crippen molar-refractivity contribution >= 4 is 11.5 Å². The van der Waals surface area contributed by atoms with Crippen molar-refractivity contribution in [3.8, 4) is 22.6 Å². The van der Waals surface area contributed by atoms with Crippen LogP contribution in [0.25, 0.3) is 16.7 Å². The number of carboxylic acid groups (broad SMARTS) is 1. The fourth-order valence-electron chi connectivity index (χ4n) is 2.30. The summed E-state index contributed by atoms with van der Waals surface area (Å²) in [5.41, 5.74) is 3.38. The van der Waals surface area contributed by atoms with Crippen molar-refractivity contribution in [1.82, 2.24) is 0 Å². The molecule has 0 bridgehead atoms. The Labute approximate surface area is 129 Å². The van der Waals surface area contributed by atoms with Crippen LogP contribution in [-0.4, -0.2) is 25.3 Å². The fourth-order valence-corrected chi connectivity index (χ4v) is 2.30. The highest BCUT2D eigenvalue weighted by Gasteiger charge is 2.12. The van der Waals surface area contributed by atoms with Gasteiger partial charge in [-0.05, 0) is 35.8 Å².